The zero-order valence-electron chi connectivity index (χ0n) is 11.8. The highest BCUT2D eigenvalue weighted by molar-refractivity contribution is 7.18. The molecule has 5 nitrogen and oxygen atoms in total. The number of esters is 1. The first kappa shape index (κ1) is 13.8. The number of aromatic nitrogens is 2. The van der Waals surface area contributed by atoms with Crippen LogP contribution >= 0.6 is 11.3 Å². The molecule has 6 heteroatoms. The predicted molar refractivity (Wildman–Crippen MR) is 82.8 cm³/mol. The molecular weight excluding hydrogens is 288 g/mol. The summed E-state index contributed by atoms with van der Waals surface area (Å²) in [6.45, 7) is 3.84. The number of thiazole rings is 1. The number of aryl methyl sites for hydroxylation is 1. The molecule has 0 saturated carbocycles. The Balaban J connectivity index is 2.32. The molecule has 0 spiro atoms. The number of carbonyl (C=O) groups is 1. The van der Waals surface area contributed by atoms with Crippen LogP contribution in [0.5, 0.6) is 0 Å². The van der Waals surface area contributed by atoms with E-state index in [4.69, 9.17) is 4.74 Å². The maximum absolute atomic E-state index is 12.6. The van der Waals surface area contributed by atoms with Gasteiger partial charge in [0.15, 0.2) is 0 Å². The summed E-state index contributed by atoms with van der Waals surface area (Å²) in [5.41, 5.74) is 0.576. The molecule has 3 aromatic rings. The molecule has 21 heavy (non-hydrogen) atoms. The summed E-state index contributed by atoms with van der Waals surface area (Å²) >= 11 is 1.41. The van der Waals surface area contributed by atoms with Gasteiger partial charge in [-0.1, -0.05) is 18.2 Å². The molecule has 0 aliphatic carbocycles. The number of carbonyl (C=O) groups excluding carboxylic acids is 1. The van der Waals surface area contributed by atoms with Gasteiger partial charge in [0.1, 0.15) is 16.9 Å². The van der Waals surface area contributed by atoms with E-state index in [1.807, 2.05) is 25.1 Å². The first-order valence-corrected chi connectivity index (χ1v) is 7.47. The van der Waals surface area contributed by atoms with Gasteiger partial charge in [-0.15, -0.1) is 11.3 Å². The molecule has 0 fully saturated rings. The van der Waals surface area contributed by atoms with Crippen molar-refractivity contribution in [2.75, 3.05) is 6.61 Å². The molecule has 1 aromatic carbocycles. The molecule has 2 aromatic heterocycles. The van der Waals surface area contributed by atoms with Crippen LogP contribution in [0.4, 0.5) is 0 Å². The molecule has 0 aliphatic rings. The third-order valence-corrected chi connectivity index (χ3v) is 4.21. The Morgan fingerprint density at radius 1 is 1.33 bits per heavy atom. The highest BCUT2D eigenvalue weighted by Crippen LogP contribution is 2.26. The number of fused-ring (bicyclic) bond motifs is 3. The fourth-order valence-corrected chi connectivity index (χ4v) is 3.29. The zero-order valence-corrected chi connectivity index (χ0v) is 12.6. The van der Waals surface area contributed by atoms with E-state index in [-0.39, 0.29) is 12.1 Å². The maximum atomic E-state index is 12.6. The van der Waals surface area contributed by atoms with Gasteiger partial charge in [-0.2, -0.15) is 0 Å². The lowest BCUT2D eigenvalue weighted by Gasteiger charge is -2.08. The van der Waals surface area contributed by atoms with Crippen molar-refractivity contribution in [1.82, 2.24) is 9.55 Å². The minimum absolute atomic E-state index is 0.0877. The smallest absolute Gasteiger partial charge is 0.326 e. The highest BCUT2D eigenvalue weighted by Gasteiger charge is 2.16. The number of hydrogen-bond donors (Lipinski definition) is 0. The monoisotopic (exact) mass is 302 g/mol. The topological polar surface area (TPSA) is 61.2 Å². The van der Waals surface area contributed by atoms with Gasteiger partial charge in [-0.05, 0) is 19.9 Å². The van der Waals surface area contributed by atoms with Crippen molar-refractivity contribution in [3.63, 3.8) is 0 Å². The Morgan fingerprint density at radius 3 is 2.76 bits per heavy atom. The van der Waals surface area contributed by atoms with Crippen LogP contribution in [0.25, 0.3) is 21.1 Å². The average molecular weight is 302 g/mol. The van der Waals surface area contributed by atoms with Gasteiger partial charge in [0.2, 0.25) is 0 Å². The van der Waals surface area contributed by atoms with Crippen LogP contribution in [0.1, 0.15) is 11.9 Å². The molecule has 0 unspecified atom stereocenters. The van der Waals surface area contributed by atoms with Gasteiger partial charge in [0, 0.05) is 10.8 Å². The second-order valence-corrected chi connectivity index (χ2v) is 5.81. The molecule has 2 heterocycles. The molecule has 0 N–H and O–H groups in total. The van der Waals surface area contributed by atoms with Crippen LogP contribution in [-0.2, 0) is 16.1 Å². The molecular formula is C15H14N2O3S. The number of ether oxygens (including phenoxy) is 1. The molecule has 3 rings (SSSR count). The molecule has 0 radical (unpaired) electrons. The van der Waals surface area contributed by atoms with Crippen molar-refractivity contribution >= 4 is 38.4 Å². The van der Waals surface area contributed by atoms with E-state index in [0.29, 0.717) is 16.8 Å². The van der Waals surface area contributed by atoms with E-state index in [9.17, 15) is 9.59 Å². The average Bonchev–Trinajstić information content (AvgIpc) is 2.86. The van der Waals surface area contributed by atoms with Gasteiger partial charge >= 0.3 is 5.97 Å². The number of pyridine rings is 1. The molecule has 0 saturated heterocycles. The molecule has 0 amide bonds. The van der Waals surface area contributed by atoms with E-state index >= 15 is 0 Å². The molecule has 108 valence electrons. The third kappa shape index (κ3) is 2.31. The van der Waals surface area contributed by atoms with Gasteiger partial charge < -0.3 is 4.74 Å². The van der Waals surface area contributed by atoms with Crippen molar-refractivity contribution in [1.29, 1.82) is 0 Å². The zero-order chi connectivity index (χ0) is 15.0. The number of benzene rings is 1. The highest BCUT2D eigenvalue weighted by atomic mass is 32.1. The summed E-state index contributed by atoms with van der Waals surface area (Å²) < 4.78 is 6.41. The van der Waals surface area contributed by atoms with Gasteiger partial charge in [0.25, 0.3) is 5.56 Å². The number of nitrogens with zero attached hydrogens (tertiary/aromatic N) is 2. The summed E-state index contributed by atoms with van der Waals surface area (Å²) in [5.74, 6) is -0.415. The van der Waals surface area contributed by atoms with Crippen LogP contribution in [0.3, 0.4) is 0 Å². The van der Waals surface area contributed by atoms with Crippen molar-refractivity contribution in [2.45, 2.75) is 20.4 Å². The quantitative estimate of drug-likeness (QED) is 0.697. The van der Waals surface area contributed by atoms with E-state index < -0.39 is 5.97 Å². The third-order valence-electron chi connectivity index (χ3n) is 3.21. The largest absolute Gasteiger partial charge is 0.465 e. The fourth-order valence-electron chi connectivity index (χ4n) is 2.37. The normalized spacial score (nSPS) is 11.1. The van der Waals surface area contributed by atoms with Crippen LogP contribution < -0.4 is 5.56 Å². The molecule has 0 atom stereocenters. The first-order chi connectivity index (χ1) is 10.1. The van der Waals surface area contributed by atoms with Crippen LogP contribution in [-0.4, -0.2) is 22.1 Å². The van der Waals surface area contributed by atoms with Crippen LogP contribution in [0, 0.1) is 6.92 Å². The van der Waals surface area contributed by atoms with Gasteiger partial charge in [-0.25, -0.2) is 4.98 Å². The fraction of sp³-hybridized carbons (Fsp3) is 0.267. The predicted octanol–water partition coefficient (Wildman–Crippen LogP) is 2.48. The minimum atomic E-state index is -0.415. The number of hydrogen-bond acceptors (Lipinski definition) is 5. The standard InChI is InChI=1S/C15H14N2O3S/c1-3-20-12(18)8-17-14(19)11-7-5-4-6-10(11)13-15(17)21-9(2)16-13/h4-7H,3,8H2,1-2H3. The Hall–Kier alpha value is -2.21. The number of rotatable bonds is 3. The summed E-state index contributed by atoms with van der Waals surface area (Å²) in [5, 5.41) is 2.25. The SMILES string of the molecule is CCOC(=O)Cn1c(=O)c2ccccc2c2nc(C)sc21. The second kappa shape index (κ2) is 5.29. The van der Waals surface area contributed by atoms with Crippen LogP contribution in [0.2, 0.25) is 0 Å². The Morgan fingerprint density at radius 2 is 2.05 bits per heavy atom. The van der Waals surface area contributed by atoms with Crippen LogP contribution in [0.15, 0.2) is 29.1 Å². The van der Waals surface area contributed by atoms with E-state index in [2.05, 4.69) is 4.98 Å². The molecule has 0 aliphatic heterocycles. The Labute approximate surface area is 124 Å². The van der Waals surface area contributed by atoms with Crippen molar-refractivity contribution < 1.29 is 9.53 Å². The Kier molecular flexibility index (Phi) is 3.47. The van der Waals surface area contributed by atoms with Crippen molar-refractivity contribution in [3.8, 4) is 0 Å². The summed E-state index contributed by atoms with van der Waals surface area (Å²) in [7, 11) is 0. The lowest BCUT2D eigenvalue weighted by Crippen LogP contribution is -2.25. The maximum Gasteiger partial charge on any atom is 0.326 e. The van der Waals surface area contributed by atoms with E-state index in [1.165, 1.54) is 15.9 Å². The van der Waals surface area contributed by atoms with Gasteiger partial charge in [-0.3, -0.25) is 14.2 Å². The lowest BCUT2D eigenvalue weighted by atomic mass is 10.1. The minimum Gasteiger partial charge on any atom is -0.465 e. The van der Waals surface area contributed by atoms with E-state index in [1.54, 1.807) is 13.0 Å². The summed E-state index contributed by atoms with van der Waals surface area (Å²) in [6.07, 6.45) is 0. The Bertz CT molecular complexity index is 895. The second-order valence-electron chi connectivity index (χ2n) is 4.63. The lowest BCUT2D eigenvalue weighted by molar-refractivity contribution is -0.143. The van der Waals surface area contributed by atoms with Crippen molar-refractivity contribution in [3.05, 3.63) is 39.6 Å². The van der Waals surface area contributed by atoms with E-state index in [0.717, 1.165) is 15.9 Å². The molecule has 0 bridgehead atoms. The summed E-state index contributed by atoms with van der Waals surface area (Å²) in [6, 6.07) is 7.33. The van der Waals surface area contributed by atoms with Crippen molar-refractivity contribution in [2.24, 2.45) is 0 Å². The van der Waals surface area contributed by atoms with Gasteiger partial charge in [0.05, 0.1) is 11.6 Å². The summed E-state index contributed by atoms with van der Waals surface area (Å²) in [4.78, 5) is 29.6. The first-order valence-electron chi connectivity index (χ1n) is 6.66.